The van der Waals surface area contributed by atoms with Gasteiger partial charge in [0.1, 0.15) is 5.69 Å². The number of carbonyl (C=O) groups is 2. The number of carboxylic acids is 1. The van der Waals surface area contributed by atoms with E-state index in [1.165, 1.54) is 0 Å². The van der Waals surface area contributed by atoms with Gasteiger partial charge in [0.2, 0.25) is 0 Å². The molecule has 0 spiro atoms. The maximum atomic E-state index is 12.3. The highest BCUT2D eigenvalue weighted by atomic mass is 16.4. The third-order valence-corrected chi connectivity index (χ3v) is 3.18. The van der Waals surface area contributed by atoms with E-state index in [0.717, 1.165) is 18.5 Å². The van der Waals surface area contributed by atoms with Crippen molar-refractivity contribution in [3.05, 3.63) is 53.3 Å². The first-order valence-electron chi connectivity index (χ1n) is 6.83. The van der Waals surface area contributed by atoms with Crippen LogP contribution < -0.4 is 5.32 Å². The summed E-state index contributed by atoms with van der Waals surface area (Å²) in [6.07, 6.45) is 2.76. The van der Waals surface area contributed by atoms with Crippen LogP contribution in [0.1, 0.15) is 39.8 Å². The second kappa shape index (κ2) is 6.26. The Bertz CT molecular complexity index is 674. The lowest BCUT2D eigenvalue weighted by Gasteiger charge is -2.11. The van der Waals surface area contributed by atoms with Gasteiger partial charge in [0.15, 0.2) is 0 Å². The summed E-state index contributed by atoms with van der Waals surface area (Å²) in [5, 5.41) is 11.9. The van der Waals surface area contributed by atoms with Crippen molar-refractivity contribution < 1.29 is 14.7 Å². The number of carboxylic acid groups (broad SMARTS) is 1. The minimum atomic E-state index is -1.06. The number of amides is 1. The van der Waals surface area contributed by atoms with E-state index in [1.54, 1.807) is 30.3 Å². The second-order valence-electron chi connectivity index (χ2n) is 4.90. The van der Waals surface area contributed by atoms with Crippen molar-refractivity contribution in [2.75, 3.05) is 5.32 Å². The number of aryl methyl sites for hydroxylation is 2. The molecule has 0 bridgehead atoms. The third kappa shape index (κ3) is 3.31. The first-order valence-corrected chi connectivity index (χ1v) is 6.83. The normalized spacial score (nSPS) is 10.4. The van der Waals surface area contributed by atoms with Crippen LogP contribution in [-0.2, 0) is 6.54 Å². The summed E-state index contributed by atoms with van der Waals surface area (Å²) in [7, 11) is 0. The number of nitrogens with one attached hydrogen (secondary N) is 1. The minimum absolute atomic E-state index is 0.0944. The Morgan fingerprint density at radius 3 is 2.71 bits per heavy atom. The highest BCUT2D eigenvalue weighted by Gasteiger charge is 2.15. The van der Waals surface area contributed by atoms with Crippen LogP contribution in [0.4, 0.5) is 5.69 Å². The maximum Gasteiger partial charge on any atom is 0.337 e. The maximum absolute atomic E-state index is 12.3. The van der Waals surface area contributed by atoms with Gasteiger partial charge in [-0.25, -0.2) is 4.79 Å². The van der Waals surface area contributed by atoms with Gasteiger partial charge in [-0.15, -0.1) is 0 Å². The molecule has 0 atom stereocenters. The fourth-order valence-corrected chi connectivity index (χ4v) is 2.19. The predicted molar refractivity (Wildman–Crippen MR) is 80.8 cm³/mol. The molecule has 5 heteroatoms. The van der Waals surface area contributed by atoms with Gasteiger partial charge in [0, 0.05) is 12.7 Å². The number of benzene rings is 1. The molecule has 2 N–H and O–H groups in total. The van der Waals surface area contributed by atoms with Crippen LogP contribution in [0.25, 0.3) is 0 Å². The monoisotopic (exact) mass is 286 g/mol. The molecule has 0 aliphatic heterocycles. The van der Waals surface area contributed by atoms with Crippen molar-refractivity contribution in [2.45, 2.75) is 26.8 Å². The molecule has 0 radical (unpaired) electrons. The van der Waals surface area contributed by atoms with Crippen LogP contribution >= 0.6 is 0 Å². The van der Waals surface area contributed by atoms with Crippen molar-refractivity contribution >= 4 is 17.6 Å². The predicted octanol–water partition coefficient (Wildman–Crippen LogP) is 3.16. The number of rotatable bonds is 5. The zero-order valence-electron chi connectivity index (χ0n) is 12.1. The topological polar surface area (TPSA) is 71.3 Å². The van der Waals surface area contributed by atoms with Crippen LogP contribution in [0.3, 0.4) is 0 Å². The smallest absolute Gasteiger partial charge is 0.337 e. The van der Waals surface area contributed by atoms with Gasteiger partial charge < -0.3 is 15.0 Å². The van der Waals surface area contributed by atoms with E-state index in [4.69, 9.17) is 0 Å². The zero-order valence-corrected chi connectivity index (χ0v) is 12.1. The average Bonchev–Trinajstić information content (AvgIpc) is 2.89. The van der Waals surface area contributed by atoms with E-state index in [1.807, 2.05) is 24.6 Å². The minimum Gasteiger partial charge on any atom is -0.478 e. The lowest BCUT2D eigenvalue weighted by molar-refractivity contribution is 0.0698. The first kappa shape index (κ1) is 14.8. The third-order valence-electron chi connectivity index (χ3n) is 3.18. The Hall–Kier alpha value is -2.56. The van der Waals surface area contributed by atoms with E-state index >= 15 is 0 Å². The van der Waals surface area contributed by atoms with Gasteiger partial charge in [-0.05, 0) is 37.6 Å². The molecule has 0 fully saturated rings. The largest absolute Gasteiger partial charge is 0.478 e. The molecule has 0 saturated heterocycles. The molecule has 2 aromatic rings. The van der Waals surface area contributed by atoms with Crippen LogP contribution in [0.5, 0.6) is 0 Å². The number of carbonyl (C=O) groups excluding carboxylic acids is 1. The molecule has 2 rings (SSSR count). The fourth-order valence-electron chi connectivity index (χ4n) is 2.19. The fraction of sp³-hybridized carbons (Fsp3) is 0.250. The molecule has 0 saturated carbocycles. The zero-order chi connectivity index (χ0) is 15.4. The molecule has 0 aliphatic carbocycles. The number of nitrogens with zero attached hydrogens (tertiary/aromatic N) is 1. The number of aromatic carboxylic acids is 1. The van der Waals surface area contributed by atoms with Crippen molar-refractivity contribution in [3.63, 3.8) is 0 Å². The molecule has 1 aromatic heterocycles. The Kier molecular flexibility index (Phi) is 4.42. The molecule has 1 aromatic carbocycles. The number of hydrogen-bond donors (Lipinski definition) is 2. The Balaban J connectivity index is 2.27. The average molecular weight is 286 g/mol. The highest BCUT2D eigenvalue weighted by molar-refractivity contribution is 6.07. The van der Waals surface area contributed by atoms with E-state index in [-0.39, 0.29) is 11.5 Å². The summed E-state index contributed by atoms with van der Waals surface area (Å²) in [6, 6.07) is 8.46. The van der Waals surface area contributed by atoms with E-state index in [0.29, 0.717) is 11.4 Å². The van der Waals surface area contributed by atoms with E-state index in [9.17, 15) is 14.7 Å². The van der Waals surface area contributed by atoms with Gasteiger partial charge in [-0.3, -0.25) is 4.79 Å². The van der Waals surface area contributed by atoms with Gasteiger partial charge in [-0.2, -0.15) is 0 Å². The first-order chi connectivity index (χ1) is 10.0. The van der Waals surface area contributed by atoms with E-state index in [2.05, 4.69) is 5.32 Å². The van der Waals surface area contributed by atoms with Crippen LogP contribution in [0.15, 0.2) is 36.5 Å². The van der Waals surface area contributed by atoms with Crippen molar-refractivity contribution in [1.82, 2.24) is 4.57 Å². The second-order valence-corrected chi connectivity index (χ2v) is 4.90. The summed E-state index contributed by atoms with van der Waals surface area (Å²) in [5.41, 5.74) is 1.76. The van der Waals surface area contributed by atoms with Gasteiger partial charge in [0.05, 0.1) is 11.3 Å². The molecule has 21 heavy (non-hydrogen) atoms. The quantitative estimate of drug-likeness (QED) is 0.887. The summed E-state index contributed by atoms with van der Waals surface area (Å²) in [4.78, 5) is 23.6. The van der Waals surface area contributed by atoms with E-state index < -0.39 is 5.97 Å². The van der Waals surface area contributed by atoms with Crippen LogP contribution in [0, 0.1) is 6.92 Å². The molecular formula is C16H18N2O3. The molecule has 1 amide bonds. The molecule has 0 unspecified atom stereocenters. The van der Waals surface area contributed by atoms with Gasteiger partial charge in [0.25, 0.3) is 5.91 Å². The summed E-state index contributed by atoms with van der Waals surface area (Å²) in [5.74, 6) is -1.36. The van der Waals surface area contributed by atoms with Crippen LogP contribution in [0.2, 0.25) is 0 Å². The van der Waals surface area contributed by atoms with Crippen molar-refractivity contribution in [1.29, 1.82) is 0 Å². The Labute approximate surface area is 123 Å². The summed E-state index contributed by atoms with van der Waals surface area (Å²) in [6.45, 7) is 4.59. The molecule has 5 nitrogen and oxygen atoms in total. The Morgan fingerprint density at radius 1 is 1.29 bits per heavy atom. The standard InChI is InChI=1S/C16H18N2O3/c1-3-8-18-9-4-5-14(18)15(19)17-13-7-6-11(2)10-12(13)16(20)21/h4-7,9-10H,3,8H2,1-2H3,(H,17,19)(H,20,21). The summed E-state index contributed by atoms with van der Waals surface area (Å²) < 4.78 is 1.85. The molecule has 0 aliphatic rings. The van der Waals surface area contributed by atoms with Crippen molar-refractivity contribution in [2.24, 2.45) is 0 Å². The molecule has 110 valence electrons. The summed E-state index contributed by atoms with van der Waals surface area (Å²) >= 11 is 0. The number of aromatic nitrogens is 1. The van der Waals surface area contributed by atoms with Gasteiger partial charge in [-0.1, -0.05) is 18.6 Å². The Morgan fingerprint density at radius 2 is 2.05 bits per heavy atom. The SMILES string of the molecule is CCCn1cccc1C(=O)Nc1ccc(C)cc1C(=O)O. The highest BCUT2D eigenvalue weighted by Crippen LogP contribution is 2.18. The van der Waals surface area contributed by atoms with Crippen molar-refractivity contribution in [3.8, 4) is 0 Å². The lowest BCUT2D eigenvalue weighted by atomic mass is 10.1. The molecular weight excluding hydrogens is 268 g/mol. The van der Waals surface area contributed by atoms with Crippen LogP contribution in [-0.4, -0.2) is 21.6 Å². The number of hydrogen-bond acceptors (Lipinski definition) is 2. The molecule has 1 heterocycles. The lowest BCUT2D eigenvalue weighted by Crippen LogP contribution is -2.18. The number of anilines is 1. The van der Waals surface area contributed by atoms with Gasteiger partial charge >= 0.3 is 5.97 Å².